The van der Waals surface area contributed by atoms with Gasteiger partial charge in [-0.15, -0.1) is 0 Å². The van der Waals surface area contributed by atoms with Crippen LogP contribution in [-0.4, -0.2) is 96.9 Å². The minimum Gasteiger partial charge on any atom is -0.453 e. The lowest BCUT2D eigenvalue weighted by Crippen LogP contribution is -2.61. The normalized spacial score (nSPS) is 31.5. The largest absolute Gasteiger partial charge is 0.498 e. The zero-order valence-corrected chi connectivity index (χ0v) is 29.6. The molecular formula is C34H58BN3O7. The second-order valence-corrected chi connectivity index (χ2v) is 16.8. The van der Waals surface area contributed by atoms with Gasteiger partial charge in [0.2, 0.25) is 0 Å². The van der Waals surface area contributed by atoms with Crippen molar-refractivity contribution in [2.24, 2.45) is 16.7 Å². The summed E-state index contributed by atoms with van der Waals surface area (Å²) in [4.78, 5) is 13.7. The van der Waals surface area contributed by atoms with Gasteiger partial charge in [0, 0.05) is 36.0 Å². The first-order chi connectivity index (χ1) is 20.9. The molecule has 45 heavy (non-hydrogen) atoms. The number of hydrogen-bond acceptors (Lipinski definition) is 8. The van der Waals surface area contributed by atoms with E-state index in [-0.39, 0.29) is 33.9 Å². The van der Waals surface area contributed by atoms with Crippen molar-refractivity contribution in [3.05, 3.63) is 11.9 Å². The van der Waals surface area contributed by atoms with Gasteiger partial charge >= 0.3 is 13.2 Å². The SMILES string of the molecule is COC(=O)N(CCOCCOCCOC12CC3CC(C)(CC(Cn4ncc(B5OC(C)(C)C(C)(C)O5)c4C)(C3)C1)C2)C(C)(C)C. The fraction of sp³-hybridized carbons (Fsp3) is 0.882. The Morgan fingerprint density at radius 2 is 1.62 bits per heavy atom. The number of methoxy groups -OCH3 is 1. The predicted octanol–water partition coefficient (Wildman–Crippen LogP) is 5.14. The summed E-state index contributed by atoms with van der Waals surface area (Å²) in [5, 5.41) is 4.89. The summed E-state index contributed by atoms with van der Waals surface area (Å²) in [6.07, 6.45) is 8.73. The fourth-order valence-corrected chi connectivity index (χ4v) is 9.12. The molecular weight excluding hydrogens is 573 g/mol. The summed E-state index contributed by atoms with van der Waals surface area (Å²) in [7, 11) is 1.01. The van der Waals surface area contributed by atoms with Crippen LogP contribution in [0.25, 0.3) is 0 Å². The molecule has 4 saturated carbocycles. The van der Waals surface area contributed by atoms with Gasteiger partial charge < -0.3 is 33.2 Å². The molecule has 4 bridgehead atoms. The van der Waals surface area contributed by atoms with E-state index in [1.54, 1.807) is 4.90 Å². The van der Waals surface area contributed by atoms with Crippen molar-refractivity contribution >= 4 is 18.7 Å². The first-order valence-electron chi connectivity index (χ1n) is 16.9. The van der Waals surface area contributed by atoms with Crippen molar-refractivity contribution in [1.82, 2.24) is 14.7 Å². The van der Waals surface area contributed by atoms with Crippen LogP contribution in [0.15, 0.2) is 6.20 Å². The van der Waals surface area contributed by atoms with Gasteiger partial charge in [-0.1, -0.05) is 6.92 Å². The molecule has 4 aliphatic carbocycles. The van der Waals surface area contributed by atoms with Gasteiger partial charge in [0.25, 0.3) is 0 Å². The van der Waals surface area contributed by atoms with Crippen LogP contribution in [0.4, 0.5) is 4.79 Å². The number of aromatic nitrogens is 2. The zero-order valence-electron chi connectivity index (χ0n) is 29.6. The highest BCUT2D eigenvalue weighted by Gasteiger charge is 2.62. The number of rotatable bonds is 13. The monoisotopic (exact) mass is 631 g/mol. The van der Waals surface area contributed by atoms with E-state index < -0.39 is 7.12 Å². The fourth-order valence-electron chi connectivity index (χ4n) is 9.12. The zero-order chi connectivity index (χ0) is 32.9. The van der Waals surface area contributed by atoms with Crippen LogP contribution in [0, 0.1) is 23.7 Å². The van der Waals surface area contributed by atoms with Crippen molar-refractivity contribution in [1.29, 1.82) is 0 Å². The molecule has 1 saturated heterocycles. The maximum absolute atomic E-state index is 12.1. The number of carbonyl (C=O) groups excluding carboxylic acids is 1. The summed E-state index contributed by atoms with van der Waals surface area (Å²) in [6.45, 7) is 22.9. The van der Waals surface area contributed by atoms with Crippen LogP contribution < -0.4 is 5.46 Å². The predicted molar refractivity (Wildman–Crippen MR) is 174 cm³/mol. The van der Waals surface area contributed by atoms with E-state index in [2.05, 4.69) is 46.2 Å². The molecule has 4 unspecified atom stereocenters. The van der Waals surface area contributed by atoms with E-state index in [0.29, 0.717) is 50.9 Å². The van der Waals surface area contributed by atoms with Gasteiger partial charge in [-0.2, -0.15) is 5.10 Å². The van der Waals surface area contributed by atoms with Crippen LogP contribution in [0.2, 0.25) is 0 Å². The molecule has 1 aromatic heterocycles. The molecule has 6 rings (SSSR count). The molecule has 5 aliphatic rings. The summed E-state index contributed by atoms with van der Waals surface area (Å²) in [5.41, 5.74) is 1.48. The summed E-state index contributed by atoms with van der Waals surface area (Å²) >= 11 is 0. The Balaban J connectivity index is 1.11. The Hall–Kier alpha value is -1.66. The highest BCUT2D eigenvalue weighted by Crippen LogP contribution is 2.67. The van der Waals surface area contributed by atoms with Crippen molar-refractivity contribution in [3.8, 4) is 0 Å². The molecule has 1 amide bonds. The third kappa shape index (κ3) is 7.27. The molecule has 4 atom stereocenters. The van der Waals surface area contributed by atoms with Gasteiger partial charge in [0.1, 0.15) is 0 Å². The third-order valence-electron chi connectivity index (χ3n) is 11.2. The number of ether oxygens (including phenoxy) is 4. The topological polar surface area (TPSA) is 93.5 Å². The molecule has 1 aliphatic heterocycles. The maximum Gasteiger partial charge on any atom is 0.498 e. The molecule has 0 N–H and O–H groups in total. The first-order valence-corrected chi connectivity index (χ1v) is 16.9. The lowest BCUT2D eigenvalue weighted by atomic mass is 9.43. The molecule has 254 valence electrons. The quantitative estimate of drug-likeness (QED) is 0.219. The number of nitrogens with zero attached hydrogens (tertiary/aromatic N) is 3. The molecule has 0 aromatic carbocycles. The molecule has 1 aromatic rings. The van der Waals surface area contributed by atoms with Crippen molar-refractivity contribution < 1.29 is 33.1 Å². The lowest BCUT2D eigenvalue weighted by molar-refractivity contribution is -0.226. The number of amides is 1. The van der Waals surface area contributed by atoms with Crippen LogP contribution in [0.1, 0.15) is 99.6 Å². The standard InChI is InChI=1S/C34H58BN3O7/c1-25-27(35-44-30(5,6)31(7,8)45-35)20-36-38(25)24-33-18-26-17-32(9,21-33)22-34(19-26,23-33)43-16-15-42-14-13-41-12-11-37(28(39)40-10)29(2,3)4/h20,26H,11-19,21-24H2,1-10H3. The summed E-state index contributed by atoms with van der Waals surface area (Å²) < 4.78 is 38.2. The van der Waals surface area contributed by atoms with E-state index in [1.807, 2.05) is 27.0 Å². The van der Waals surface area contributed by atoms with E-state index in [0.717, 1.165) is 37.0 Å². The number of hydrogen-bond donors (Lipinski definition) is 0. The Bertz CT molecular complexity index is 1200. The van der Waals surface area contributed by atoms with Crippen molar-refractivity contribution in [2.45, 2.75) is 130 Å². The van der Waals surface area contributed by atoms with E-state index in [9.17, 15) is 4.79 Å². The maximum atomic E-state index is 12.1. The van der Waals surface area contributed by atoms with Crippen molar-refractivity contribution in [2.75, 3.05) is 46.7 Å². The smallest absolute Gasteiger partial charge is 0.453 e. The van der Waals surface area contributed by atoms with Gasteiger partial charge in [-0.3, -0.25) is 4.68 Å². The van der Waals surface area contributed by atoms with Crippen molar-refractivity contribution in [3.63, 3.8) is 0 Å². The Morgan fingerprint density at radius 1 is 0.978 bits per heavy atom. The lowest BCUT2D eigenvalue weighted by Gasteiger charge is -2.65. The van der Waals surface area contributed by atoms with Crippen LogP contribution in [-0.2, 0) is 34.8 Å². The van der Waals surface area contributed by atoms with Crippen LogP contribution >= 0.6 is 0 Å². The third-order valence-corrected chi connectivity index (χ3v) is 11.2. The molecule has 2 heterocycles. The highest BCUT2D eigenvalue weighted by atomic mass is 16.7. The van der Waals surface area contributed by atoms with Crippen LogP contribution in [0.3, 0.4) is 0 Å². The minimum absolute atomic E-state index is 0.0893. The average Bonchev–Trinajstić information content (AvgIpc) is 3.35. The van der Waals surface area contributed by atoms with E-state index >= 15 is 0 Å². The first kappa shape index (κ1) is 34.7. The average molecular weight is 632 g/mol. The molecule has 11 heteroatoms. The Morgan fingerprint density at radius 3 is 2.24 bits per heavy atom. The molecule has 10 nitrogen and oxygen atoms in total. The number of carbonyl (C=O) groups is 1. The second-order valence-electron chi connectivity index (χ2n) is 16.8. The Kier molecular flexibility index (Phi) is 9.57. The second kappa shape index (κ2) is 12.4. The molecule has 0 spiro atoms. The summed E-state index contributed by atoms with van der Waals surface area (Å²) in [6, 6.07) is 0. The molecule has 0 radical (unpaired) electrons. The van der Waals surface area contributed by atoms with Gasteiger partial charge in [0.15, 0.2) is 0 Å². The van der Waals surface area contributed by atoms with E-state index in [1.165, 1.54) is 26.4 Å². The van der Waals surface area contributed by atoms with E-state index in [4.69, 9.17) is 33.4 Å². The van der Waals surface area contributed by atoms with Gasteiger partial charge in [-0.25, -0.2) is 4.79 Å². The highest BCUT2D eigenvalue weighted by molar-refractivity contribution is 6.62. The summed E-state index contributed by atoms with van der Waals surface area (Å²) in [5.74, 6) is 0.691. The molecule has 5 fully saturated rings. The van der Waals surface area contributed by atoms with Gasteiger partial charge in [-0.05, 0) is 111 Å². The van der Waals surface area contributed by atoms with Gasteiger partial charge in [0.05, 0.1) is 56.9 Å². The Labute approximate surface area is 271 Å². The minimum atomic E-state index is -0.393. The van der Waals surface area contributed by atoms with Crippen LogP contribution in [0.5, 0.6) is 0 Å².